The highest BCUT2D eigenvalue weighted by atomic mass is 79.9. The van der Waals surface area contributed by atoms with Crippen LogP contribution in [0.3, 0.4) is 0 Å². The minimum absolute atomic E-state index is 0.123. The molecule has 0 aromatic heterocycles. The third-order valence-electron chi connectivity index (χ3n) is 2.90. The highest BCUT2D eigenvalue weighted by molar-refractivity contribution is 9.10. The molecule has 2 atom stereocenters. The molecule has 0 saturated carbocycles. The van der Waals surface area contributed by atoms with Gasteiger partial charge in [-0.15, -0.1) is 0 Å². The Morgan fingerprint density at radius 3 is 2.89 bits per heavy atom. The first-order valence-electron chi connectivity index (χ1n) is 5.29. The Hall–Kier alpha value is -1.47. The maximum atomic E-state index is 11.1. The molecule has 96 valence electrons. The first-order chi connectivity index (χ1) is 8.50. The number of halogens is 1. The molecular formula is C11H10BrNO5. The molecule has 0 amide bonds. The molecule has 1 heterocycles. The van der Waals surface area contributed by atoms with Gasteiger partial charge < -0.3 is 9.84 Å². The SMILES string of the molecule is O=C(O)[C@H]1CCO[C@H]1c1ccc(Br)cc1[N+](=O)[O-]. The average molecular weight is 316 g/mol. The van der Waals surface area contributed by atoms with E-state index in [0.717, 1.165) is 0 Å². The maximum absolute atomic E-state index is 11.1. The van der Waals surface area contributed by atoms with E-state index in [1.807, 2.05) is 0 Å². The summed E-state index contributed by atoms with van der Waals surface area (Å²) in [6.45, 7) is 0.300. The number of benzene rings is 1. The Bertz CT molecular complexity index is 504. The van der Waals surface area contributed by atoms with E-state index in [9.17, 15) is 14.9 Å². The normalized spacial score (nSPS) is 22.9. The molecule has 1 aromatic rings. The van der Waals surface area contributed by atoms with E-state index < -0.39 is 22.9 Å². The fourth-order valence-corrected chi connectivity index (χ4v) is 2.41. The lowest BCUT2D eigenvalue weighted by atomic mass is 9.94. The quantitative estimate of drug-likeness (QED) is 0.683. The summed E-state index contributed by atoms with van der Waals surface area (Å²) in [6.07, 6.45) is -0.385. The molecule has 1 saturated heterocycles. The van der Waals surface area contributed by atoms with Crippen LogP contribution in [0.15, 0.2) is 22.7 Å². The van der Waals surface area contributed by atoms with Gasteiger partial charge in [0.2, 0.25) is 0 Å². The Kier molecular flexibility index (Phi) is 3.63. The minimum Gasteiger partial charge on any atom is -0.481 e. The van der Waals surface area contributed by atoms with Gasteiger partial charge in [-0.05, 0) is 18.6 Å². The van der Waals surface area contributed by atoms with Crippen LogP contribution in [0.2, 0.25) is 0 Å². The van der Waals surface area contributed by atoms with Crippen LogP contribution in [-0.4, -0.2) is 22.6 Å². The lowest BCUT2D eigenvalue weighted by molar-refractivity contribution is -0.386. The summed E-state index contributed by atoms with van der Waals surface area (Å²) in [5.74, 6) is -1.72. The van der Waals surface area contributed by atoms with Crippen molar-refractivity contribution in [1.82, 2.24) is 0 Å². The van der Waals surface area contributed by atoms with E-state index in [1.54, 1.807) is 6.07 Å². The Morgan fingerprint density at radius 2 is 2.28 bits per heavy atom. The highest BCUT2D eigenvalue weighted by Crippen LogP contribution is 2.39. The molecule has 0 aliphatic carbocycles. The van der Waals surface area contributed by atoms with Gasteiger partial charge in [-0.1, -0.05) is 15.9 Å². The van der Waals surface area contributed by atoms with Gasteiger partial charge in [0.1, 0.15) is 6.10 Å². The second kappa shape index (κ2) is 5.03. The zero-order valence-corrected chi connectivity index (χ0v) is 10.8. The summed E-state index contributed by atoms with van der Waals surface area (Å²) in [5.41, 5.74) is 0.190. The highest BCUT2D eigenvalue weighted by Gasteiger charge is 2.38. The lowest BCUT2D eigenvalue weighted by Gasteiger charge is -2.15. The number of rotatable bonds is 3. The largest absolute Gasteiger partial charge is 0.481 e. The van der Waals surface area contributed by atoms with Gasteiger partial charge in [0.25, 0.3) is 5.69 Å². The van der Waals surface area contributed by atoms with Crippen LogP contribution in [-0.2, 0) is 9.53 Å². The number of hydrogen-bond acceptors (Lipinski definition) is 4. The second-order valence-corrected chi connectivity index (χ2v) is 4.90. The van der Waals surface area contributed by atoms with E-state index in [0.29, 0.717) is 23.1 Å². The average Bonchev–Trinajstić information content (AvgIpc) is 2.77. The van der Waals surface area contributed by atoms with Gasteiger partial charge >= 0.3 is 5.97 Å². The Morgan fingerprint density at radius 1 is 1.56 bits per heavy atom. The van der Waals surface area contributed by atoms with Crippen LogP contribution >= 0.6 is 15.9 Å². The van der Waals surface area contributed by atoms with Crippen LogP contribution in [0.1, 0.15) is 18.1 Å². The van der Waals surface area contributed by atoms with Crippen molar-refractivity contribution in [3.05, 3.63) is 38.3 Å². The van der Waals surface area contributed by atoms with Crippen molar-refractivity contribution in [1.29, 1.82) is 0 Å². The molecule has 1 aliphatic rings. The number of carboxylic acids is 1. The number of nitro benzene ring substituents is 1. The van der Waals surface area contributed by atoms with Crippen LogP contribution < -0.4 is 0 Å². The molecule has 7 heteroatoms. The van der Waals surface area contributed by atoms with Crippen molar-refractivity contribution in [2.75, 3.05) is 6.61 Å². The summed E-state index contributed by atoms with van der Waals surface area (Å²) in [5, 5.41) is 20.1. The summed E-state index contributed by atoms with van der Waals surface area (Å²) >= 11 is 3.16. The molecule has 1 fully saturated rings. The summed E-state index contributed by atoms with van der Waals surface area (Å²) in [4.78, 5) is 21.5. The predicted octanol–water partition coefficient (Wildman–Crippen LogP) is 2.52. The number of carbonyl (C=O) groups is 1. The second-order valence-electron chi connectivity index (χ2n) is 3.99. The summed E-state index contributed by atoms with van der Waals surface area (Å²) in [6, 6.07) is 4.53. The molecule has 0 radical (unpaired) electrons. The first-order valence-corrected chi connectivity index (χ1v) is 6.08. The molecule has 0 spiro atoms. The number of ether oxygens (including phenoxy) is 1. The molecular weight excluding hydrogens is 306 g/mol. The van der Waals surface area contributed by atoms with Crippen molar-refractivity contribution >= 4 is 27.6 Å². The molecule has 0 unspecified atom stereocenters. The van der Waals surface area contributed by atoms with Gasteiger partial charge in [0.05, 0.1) is 16.4 Å². The minimum atomic E-state index is -0.991. The molecule has 1 aromatic carbocycles. The number of carboxylic acid groups (broad SMARTS) is 1. The van der Waals surface area contributed by atoms with Gasteiger partial charge in [-0.2, -0.15) is 0 Å². The van der Waals surface area contributed by atoms with Crippen LogP contribution in [0, 0.1) is 16.0 Å². The van der Waals surface area contributed by atoms with Crippen molar-refractivity contribution in [2.24, 2.45) is 5.92 Å². The molecule has 6 nitrogen and oxygen atoms in total. The number of hydrogen-bond donors (Lipinski definition) is 1. The maximum Gasteiger partial charge on any atom is 0.309 e. The molecule has 2 rings (SSSR count). The predicted molar refractivity (Wildman–Crippen MR) is 65.2 cm³/mol. The molecule has 0 bridgehead atoms. The Labute approximate surface area is 111 Å². The van der Waals surface area contributed by atoms with Gasteiger partial charge in [-0.3, -0.25) is 14.9 Å². The monoisotopic (exact) mass is 315 g/mol. The van der Waals surface area contributed by atoms with E-state index in [1.165, 1.54) is 12.1 Å². The van der Waals surface area contributed by atoms with Crippen LogP contribution in [0.25, 0.3) is 0 Å². The van der Waals surface area contributed by atoms with E-state index >= 15 is 0 Å². The third kappa shape index (κ3) is 2.37. The van der Waals surface area contributed by atoms with E-state index in [2.05, 4.69) is 15.9 Å². The van der Waals surface area contributed by atoms with Gasteiger partial charge in [0, 0.05) is 17.1 Å². The fourth-order valence-electron chi connectivity index (χ4n) is 2.06. The molecule has 18 heavy (non-hydrogen) atoms. The summed E-state index contributed by atoms with van der Waals surface area (Å²) < 4.78 is 5.92. The van der Waals surface area contributed by atoms with Crippen molar-refractivity contribution in [3.8, 4) is 0 Å². The van der Waals surface area contributed by atoms with Gasteiger partial charge in [-0.25, -0.2) is 0 Å². The molecule has 1 aliphatic heterocycles. The standard InChI is InChI=1S/C11H10BrNO5/c12-6-1-2-7(9(5-6)13(16)17)10-8(11(14)15)3-4-18-10/h1-2,5,8,10H,3-4H2,(H,14,15)/t8-,10-/m0/s1. The number of nitro groups is 1. The zero-order chi connectivity index (χ0) is 13.3. The van der Waals surface area contributed by atoms with Crippen LogP contribution in [0.5, 0.6) is 0 Å². The lowest BCUT2D eigenvalue weighted by Crippen LogP contribution is -2.18. The topological polar surface area (TPSA) is 89.7 Å². The summed E-state index contributed by atoms with van der Waals surface area (Å²) in [7, 11) is 0. The van der Waals surface area contributed by atoms with E-state index in [-0.39, 0.29) is 5.69 Å². The Balaban J connectivity index is 2.44. The van der Waals surface area contributed by atoms with Crippen LogP contribution in [0.4, 0.5) is 5.69 Å². The van der Waals surface area contributed by atoms with Crippen molar-refractivity contribution in [2.45, 2.75) is 12.5 Å². The zero-order valence-electron chi connectivity index (χ0n) is 9.21. The van der Waals surface area contributed by atoms with Gasteiger partial charge in [0.15, 0.2) is 0 Å². The molecule has 1 N–H and O–H groups in total. The number of nitrogens with zero attached hydrogens (tertiary/aromatic N) is 1. The number of aliphatic carboxylic acids is 1. The third-order valence-corrected chi connectivity index (χ3v) is 3.40. The van der Waals surface area contributed by atoms with Crippen molar-refractivity contribution in [3.63, 3.8) is 0 Å². The van der Waals surface area contributed by atoms with E-state index in [4.69, 9.17) is 9.84 Å². The fraction of sp³-hybridized carbons (Fsp3) is 0.364. The van der Waals surface area contributed by atoms with Crippen molar-refractivity contribution < 1.29 is 19.6 Å². The smallest absolute Gasteiger partial charge is 0.309 e. The first kappa shape index (κ1) is 13.0.